The van der Waals surface area contributed by atoms with Crippen LogP contribution in [-0.4, -0.2) is 23.7 Å². The van der Waals surface area contributed by atoms with E-state index in [-0.39, 0.29) is 12.1 Å². The molecule has 1 aliphatic carbocycles. The Hall–Kier alpha value is -2.33. The van der Waals surface area contributed by atoms with E-state index in [9.17, 15) is 4.79 Å². The summed E-state index contributed by atoms with van der Waals surface area (Å²) < 4.78 is 5.96. The highest BCUT2D eigenvalue weighted by Crippen LogP contribution is 2.43. The van der Waals surface area contributed by atoms with E-state index in [0.717, 1.165) is 24.4 Å². The molecule has 1 saturated heterocycles. The van der Waals surface area contributed by atoms with Crippen LogP contribution in [0.4, 0.5) is 0 Å². The normalized spacial score (nSPS) is 28.7. The molecule has 118 valence electrons. The molecule has 0 bridgehead atoms. The predicted octanol–water partition coefficient (Wildman–Crippen LogP) is 3.20. The summed E-state index contributed by atoms with van der Waals surface area (Å²) in [5.74, 6) is 0.522. The molecule has 1 unspecified atom stereocenters. The summed E-state index contributed by atoms with van der Waals surface area (Å²) in [4.78, 5) is 11.0. The summed E-state index contributed by atoms with van der Waals surface area (Å²) in [6, 6.07) is 7.49. The van der Waals surface area contributed by atoms with Crippen molar-refractivity contribution in [3.05, 3.63) is 70.5 Å². The summed E-state index contributed by atoms with van der Waals surface area (Å²) in [5, 5.41) is 12.8. The molecule has 1 aromatic carbocycles. The van der Waals surface area contributed by atoms with Gasteiger partial charge in [0.2, 0.25) is 0 Å². The van der Waals surface area contributed by atoms with Gasteiger partial charge in [0.25, 0.3) is 0 Å². The second-order valence-corrected chi connectivity index (χ2v) is 6.36. The van der Waals surface area contributed by atoms with Crippen molar-refractivity contribution in [3.8, 4) is 0 Å². The van der Waals surface area contributed by atoms with Crippen LogP contribution in [0.3, 0.4) is 0 Å². The summed E-state index contributed by atoms with van der Waals surface area (Å²) in [6.07, 6.45) is 7.49. The number of rotatable bonds is 2. The molecule has 1 aromatic rings. The second-order valence-electron chi connectivity index (χ2n) is 6.36. The van der Waals surface area contributed by atoms with E-state index in [1.54, 1.807) is 12.1 Å². The lowest BCUT2D eigenvalue weighted by Crippen LogP contribution is -2.42. The maximum atomic E-state index is 11.0. The van der Waals surface area contributed by atoms with E-state index >= 15 is 0 Å². The van der Waals surface area contributed by atoms with Crippen LogP contribution >= 0.6 is 0 Å². The van der Waals surface area contributed by atoms with Crippen LogP contribution in [0.2, 0.25) is 0 Å². The minimum atomic E-state index is -0.893. The van der Waals surface area contributed by atoms with Crippen molar-refractivity contribution in [2.24, 2.45) is 5.92 Å². The number of ether oxygens (including phenoxy) is 1. The van der Waals surface area contributed by atoms with Gasteiger partial charge >= 0.3 is 5.97 Å². The fourth-order valence-electron chi connectivity index (χ4n) is 3.73. The molecule has 1 fully saturated rings. The number of carbonyl (C=O) groups is 1. The fraction of sp³-hybridized carbons (Fsp3) is 0.316. The molecule has 4 nitrogen and oxygen atoms in total. The maximum absolute atomic E-state index is 11.0. The van der Waals surface area contributed by atoms with Gasteiger partial charge in [-0.15, -0.1) is 0 Å². The van der Waals surface area contributed by atoms with Crippen LogP contribution < -0.4 is 5.32 Å². The molecular weight excluding hydrogens is 290 g/mol. The van der Waals surface area contributed by atoms with Gasteiger partial charge in [-0.25, -0.2) is 4.79 Å². The topological polar surface area (TPSA) is 58.6 Å². The van der Waals surface area contributed by atoms with Crippen LogP contribution in [-0.2, 0) is 4.74 Å². The van der Waals surface area contributed by atoms with E-state index in [1.165, 1.54) is 11.1 Å². The number of hydrogen-bond acceptors (Lipinski definition) is 3. The van der Waals surface area contributed by atoms with Crippen molar-refractivity contribution in [2.45, 2.75) is 25.4 Å². The van der Waals surface area contributed by atoms with E-state index in [2.05, 4.69) is 30.5 Å². The van der Waals surface area contributed by atoms with Gasteiger partial charge in [-0.05, 0) is 31.0 Å². The third-order valence-electron chi connectivity index (χ3n) is 4.86. The summed E-state index contributed by atoms with van der Waals surface area (Å²) in [5.41, 5.74) is 3.91. The Morgan fingerprint density at radius 1 is 1.30 bits per heavy atom. The number of fused-ring (bicyclic) bond motifs is 2. The van der Waals surface area contributed by atoms with Crippen LogP contribution in [0.25, 0.3) is 0 Å². The molecule has 2 N–H and O–H groups in total. The fourth-order valence-corrected chi connectivity index (χ4v) is 3.73. The van der Waals surface area contributed by atoms with Crippen molar-refractivity contribution in [1.82, 2.24) is 5.32 Å². The number of aromatic carboxylic acids is 1. The Kier molecular flexibility index (Phi) is 3.34. The minimum absolute atomic E-state index is 0.153. The lowest BCUT2D eigenvalue weighted by Gasteiger charge is -2.36. The van der Waals surface area contributed by atoms with Crippen LogP contribution in [0.5, 0.6) is 0 Å². The van der Waals surface area contributed by atoms with Gasteiger partial charge in [0.1, 0.15) is 5.76 Å². The second kappa shape index (κ2) is 5.39. The molecule has 4 rings (SSSR count). The summed E-state index contributed by atoms with van der Waals surface area (Å²) in [7, 11) is 0. The van der Waals surface area contributed by atoms with Crippen molar-refractivity contribution in [1.29, 1.82) is 0 Å². The third-order valence-corrected chi connectivity index (χ3v) is 4.86. The summed E-state index contributed by atoms with van der Waals surface area (Å²) in [6.45, 7) is 2.85. The number of carboxylic acids is 1. The third kappa shape index (κ3) is 2.39. The quantitative estimate of drug-likeness (QED) is 0.881. The van der Waals surface area contributed by atoms with E-state index in [4.69, 9.17) is 9.84 Å². The molecule has 0 saturated carbocycles. The number of benzene rings is 1. The molecule has 3 aliphatic rings. The van der Waals surface area contributed by atoms with Crippen molar-refractivity contribution >= 4 is 5.97 Å². The molecular formula is C19H19NO3. The zero-order valence-corrected chi connectivity index (χ0v) is 13.0. The van der Waals surface area contributed by atoms with Crippen molar-refractivity contribution in [2.75, 3.05) is 6.61 Å². The molecule has 0 radical (unpaired) electrons. The number of hydrogen-bond donors (Lipinski definition) is 2. The number of carboxylic acid groups (broad SMARTS) is 1. The van der Waals surface area contributed by atoms with Crippen molar-refractivity contribution in [3.63, 3.8) is 0 Å². The maximum Gasteiger partial charge on any atom is 0.335 e. The first-order valence-corrected chi connectivity index (χ1v) is 7.96. The van der Waals surface area contributed by atoms with Gasteiger partial charge in [0.15, 0.2) is 0 Å². The Balaban J connectivity index is 1.71. The zero-order valence-electron chi connectivity index (χ0n) is 13.0. The highest BCUT2D eigenvalue weighted by molar-refractivity contribution is 5.87. The highest BCUT2D eigenvalue weighted by atomic mass is 16.5. The first-order chi connectivity index (χ1) is 11.1. The number of nitrogens with one attached hydrogen (secondary N) is 1. The summed E-state index contributed by atoms with van der Waals surface area (Å²) >= 11 is 0. The van der Waals surface area contributed by atoms with Crippen LogP contribution in [0, 0.1) is 5.92 Å². The molecule has 2 aliphatic heterocycles. The largest absolute Gasteiger partial charge is 0.497 e. The minimum Gasteiger partial charge on any atom is -0.497 e. The van der Waals surface area contributed by atoms with Gasteiger partial charge in [-0.1, -0.05) is 35.9 Å². The number of allylic oxidation sites excluding steroid dienone is 2. The average molecular weight is 309 g/mol. The zero-order chi connectivity index (χ0) is 16.0. The molecule has 0 amide bonds. The van der Waals surface area contributed by atoms with Gasteiger partial charge in [0.05, 0.1) is 18.2 Å². The Morgan fingerprint density at radius 2 is 2.09 bits per heavy atom. The van der Waals surface area contributed by atoms with Crippen LogP contribution in [0.15, 0.2) is 59.4 Å². The molecule has 2 heterocycles. The average Bonchev–Trinajstić information content (AvgIpc) is 3.04. The molecule has 3 atom stereocenters. The van der Waals surface area contributed by atoms with Gasteiger partial charge in [-0.2, -0.15) is 0 Å². The Bertz CT molecular complexity index is 742. The predicted molar refractivity (Wildman–Crippen MR) is 87.0 cm³/mol. The van der Waals surface area contributed by atoms with E-state index in [0.29, 0.717) is 11.5 Å². The van der Waals surface area contributed by atoms with Gasteiger partial charge in [0, 0.05) is 17.5 Å². The lowest BCUT2D eigenvalue weighted by atomic mass is 9.81. The molecule has 0 aromatic heterocycles. The van der Waals surface area contributed by atoms with Crippen LogP contribution in [0.1, 0.15) is 35.3 Å². The van der Waals surface area contributed by atoms with E-state index < -0.39 is 5.97 Å². The monoisotopic (exact) mass is 309 g/mol. The molecule has 23 heavy (non-hydrogen) atoms. The highest BCUT2D eigenvalue weighted by Gasteiger charge is 2.40. The lowest BCUT2D eigenvalue weighted by molar-refractivity contribution is 0.0697. The van der Waals surface area contributed by atoms with Gasteiger partial charge in [-0.3, -0.25) is 5.32 Å². The van der Waals surface area contributed by atoms with Gasteiger partial charge < -0.3 is 9.84 Å². The Morgan fingerprint density at radius 3 is 2.83 bits per heavy atom. The van der Waals surface area contributed by atoms with E-state index in [1.807, 2.05) is 12.1 Å². The Labute approximate surface area is 135 Å². The first-order valence-electron chi connectivity index (χ1n) is 7.96. The first kappa shape index (κ1) is 14.3. The smallest absolute Gasteiger partial charge is 0.335 e. The SMILES string of the molecule is CC1=CC2=C3OCC[C@@H]3[C@@H](c3ccc(C(=O)O)cc3)NC2C=C1. The molecule has 0 spiro atoms. The van der Waals surface area contributed by atoms with Crippen molar-refractivity contribution < 1.29 is 14.6 Å². The standard InChI is InChI=1S/C19H19NO3/c1-11-2-7-16-15(10-11)18-14(8-9-23-18)17(20-16)12-3-5-13(6-4-12)19(21)22/h2-7,10,14,16-17,20H,8-9H2,1H3,(H,21,22)/t14-,16?,17-/m1/s1. The molecule has 4 heteroatoms.